The molecular weight excluding hydrogens is 76.1 g/mol. The molecule has 0 aromatic carbocycles. The molecule has 1 atom stereocenters. The summed E-state index contributed by atoms with van der Waals surface area (Å²) in [7, 11) is 1.85. The van der Waals surface area contributed by atoms with Crippen LogP contribution in [0.15, 0.2) is 4.99 Å². The van der Waals surface area contributed by atoms with Gasteiger partial charge in [-0.3, -0.25) is 10.3 Å². The molecule has 0 heterocycles. The van der Waals surface area contributed by atoms with E-state index in [0.29, 0.717) is 0 Å². The summed E-state index contributed by atoms with van der Waals surface area (Å²) in [5.74, 6) is 0. The smallest absolute Gasteiger partial charge is 0.0956 e. The van der Waals surface area contributed by atoms with Gasteiger partial charge in [0.1, 0.15) is 0 Å². The van der Waals surface area contributed by atoms with E-state index in [0.717, 1.165) is 0 Å². The van der Waals surface area contributed by atoms with E-state index < -0.39 is 0 Å². The van der Waals surface area contributed by atoms with Crippen LogP contribution in [0.25, 0.3) is 0 Å². The molecule has 0 aliphatic carbocycles. The molecule has 2 nitrogen and oxygen atoms in total. The summed E-state index contributed by atoms with van der Waals surface area (Å²) in [5.41, 5.74) is 0. The van der Waals surface area contributed by atoms with E-state index in [1.807, 2.05) is 14.0 Å². The van der Waals surface area contributed by atoms with Gasteiger partial charge in [0.2, 0.25) is 0 Å². The summed E-state index contributed by atoms with van der Waals surface area (Å²) in [6.45, 7) is 5.26. The molecule has 2 heteroatoms. The van der Waals surface area contributed by atoms with Crippen molar-refractivity contribution in [2.24, 2.45) is 4.99 Å². The van der Waals surface area contributed by atoms with E-state index in [4.69, 9.17) is 0 Å². The first kappa shape index (κ1) is 5.63. The first-order valence-electron chi connectivity index (χ1n) is 1.94. The van der Waals surface area contributed by atoms with Crippen LogP contribution < -0.4 is 5.32 Å². The van der Waals surface area contributed by atoms with Crippen molar-refractivity contribution in [3.63, 3.8) is 0 Å². The van der Waals surface area contributed by atoms with E-state index in [1.54, 1.807) is 0 Å². The molecular formula is C4H10N2. The number of rotatable bonds is 2. The maximum absolute atomic E-state index is 3.65. The van der Waals surface area contributed by atoms with Gasteiger partial charge in [-0.05, 0) is 20.7 Å². The molecule has 0 spiro atoms. The molecule has 0 saturated carbocycles. The number of aliphatic imine (C=N–C) groups is 1. The lowest BCUT2D eigenvalue weighted by Gasteiger charge is -1.97. The average molecular weight is 86.1 g/mol. The standard InChI is InChI=1S/C4H10N2/c1-4(5-2)6-3/h4,6H,2H2,1,3H3. The third-order valence-corrected chi connectivity index (χ3v) is 0.692. The minimum absolute atomic E-state index is 0.199. The molecule has 6 heavy (non-hydrogen) atoms. The molecule has 1 unspecified atom stereocenters. The van der Waals surface area contributed by atoms with Gasteiger partial charge in [0.15, 0.2) is 0 Å². The van der Waals surface area contributed by atoms with Crippen molar-refractivity contribution in [1.29, 1.82) is 0 Å². The Morgan fingerprint density at radius 2 is 2.33 bits per heavy atom. The summed E-state index contributed by atoms with van der Waals surface area (Å²) in [5, 5.41) is 2.89. The van der Waals surface area contributed by atoms with Gasteiger partial charge in [-0.2, -0.15) is 0 Å². The summed E-state index contributed by atoms with van der Waals surface area (Å²) in [4.78, 5) is 3.65. The van der Waals surface area contributed by atoms with Crippen molar-refractivity contribution in [2.45, 2.75) is 13.1 Å². The third kappa shape index (κ3) is 1.91. The third-order valence-electron chi connectivity index (χ3n) is 0.692. The lowest BCUT2D eigenvalue weighted by molar-refractivity contribution is 0.646. The molecule has 0 aliphatic rings. The van der Waals surface area contributed by atoms with Crippen LogP contribution in [-0.4, -0.2) is 19.9 Å². The van der Waals surface area contributed by atoms with E-state index >= 15 is 0 Å². The van der Waals surface area contributed by atoms with E-state index in [2.05, 4.69) is 17.0 Å². The van der Waals surface area contributed by atoms with Crippen LogP contribution in [0.4, 0.5) is 0 Å². The van der Waals surface area contributed by atoms with Crippen molar-refractivity contribution in [2.75, 3.05) is 7.05 Å². The van der Waals surface area contributed by atoms with Crippen LogP contribution in [0, 0.1) is 0 Å². The van der Waals surface area contributed by atoms with Crippen molar-refractivity contribution >= 4 is 6.72 Å². The van der Waals surface area contributed by atoms with Gasteiger partial charge in [0, 0.05) is 0 Å². The second kappa shape index (κ2) is 2.85. The monoisotopic (exact) mass is 86.1 g/mol. The number of nitrogens with zero attached hydrogens (tertiary/aromatic N) is 1. The molecule has 0 amide bonds. The Labute approximate surface area is 38.3 Å². The number of nitrogens with one attached hydrogen (secondary N) is 1. The van der Waals surface area contributed by atoms with Crippen LogP contribution in [0.1, 0.15) is 6.92 Å². The van der Waals surface area contributed by atoms with Gasteiger partial charge in [-0.15, -0.1) is 0 Å². The Hall–Kier alpha value is -0.370. The molecule has 0 bridgehead atoms. The van der Waals surface area contributed by atoms with Gasteiger partial charge in [-0.25, -0.2) is 0 Å². The Morgan fingerprint density at radius 3 is 2.33 bits per heavy atom. The molecule has 0 aromatic rings. The Balaban J connectivity index is 2.96. The average Bonchev–Trinajstić information content (AvgIpc) is 1.65. The van der Waals surface area contributed by atoms with Gasteiger partial charge < -0.3 is 0 Å². The van der Waals surface area contributed by atoms with Crippen molar-refractivity contribution in [3.05, 3.63) is 0 Å². The first-order chi connectivity index (χ1) is 2.81. The van der Waals surface area contributed by atoms with Gasteiger partial charge >= 0.3 is 0 Å². The van der Waals surface area contributed by atoms with Crippen LogP contribution in [0.5, 0.6) is 0 Å². The van der Waals surface area contributed by atoms with E-state index in [1.165, 1.54) is 0 Å². The fourth-order valence-corrected chi connectivity index (χ4v) is 0.0913. The van der Waals surface area contributed by atoms with Gasteiger partial charge in [-0.1, -0.05) is 0 Å². The largest absolute Gasteiger partial charge is 0.299 e. The fraction of sp³-hybridized carbons (Fsp3) is 0.750. The minimum atomic E-state index is 0.199. The Kier molecular flexibility index (Phi) is 2.67. The maximum atomic E-state index is 3.65. The second-order valence-electron chi connectivity index (χ2n) is 1.15. The zero-order valence-corrected chi connectivity index (χ0v) is 4.23. The zero-order valence-electron chi connectivity index (χ0n) is 4.23. The molecule has 0 rings (SSSR count). The lowest BCUT2D eigenvalue weighted by atomic mass is 10.6. The van der Waals surface area contributed by atoms with Crippen LogP contribution in [0.2, 0.25) is 0 Å². The Bertz CT molecular complexity index is 42.8. The molecule has 1 N–H and O–H groups in total. The SMILES string of the molecule is C=NC(C)NC. The predicted molar refractivity (Wildman–Crippen MR) is 28.1 cm³/mol. The van der Waals surface area contributed by atoms with E-state index in [9.17, 15) is 0 Å². The van der Waals surface area contributed by atoms with Crippen molar-refractivity contribution in [3.8, 4) is 0 Å². The normalized spacial score (nSPS) is 13.7. The van der Waals surface area contributed by atoms with Gasteiger partial charge in [0.05, 0.1) is 6.17 Å². The molecule has 0 fully saturated rings. The first-order valence-corrected chi connectivity index (χ1v) is 1.94. The highest BCUT2D eigenvalue weighted by Gasteiger charge is 1.82. The van der Waals surface area contributed by atoms with Gasteiger partial charge in [0.25, 0.3) is 0 Å². The van der Waals surface area contributed by atoms with E-state index in [-0.39, 0.29) is 6.17 Å². The van der Waals surface area contributed by atoms with Crippen LogP contribution >= 0.6 is 0 Å². The maximum Gasteiger partial charge on any atom is 0.0956 e. The highest BCUT2D eigenvalue weighted by molar-refractivity contribution is 5.23. The highest BCUT2D eigenvalue weighted by Crippen LogP contribution is 1.73. The molecule has 0 aromatic heterocycles. The second-order valence-corrected chi connectivity index (χ2v) is 1.15. The minimum Gasteiger partial charge on any atom is -0.299 e. The number of hydrogen-bond donors (Lipinski definition) is 1. The molecule has 36 valence electrons. The highest BCUT2D eigenvalue weighted by atomic mass is 15.0. The van der Waals surface area contributed by atoms with Crippen molar-refractivity contribution < 1.29 is 0 Å². The Morgan fingerprint density at radius 1 is 1.83 bits per heavy atom. The fourth-order valence-electron chi connectivity index (χ4n) is 0.0913. The lowest BCUT2D eigenvalue weighted by Crippen LogP contribution is -2.17. The molecule has 0 saturated heterocycles. The van der Waals surface area contributed by atoms with Crippen molar-refractivity contribution in [1.82, 2.24) is 5.32 Å². The number of hydrogen-bond acceptors (Lipinski definition) is 2. The quantitative estimate of drug-likeness (QED) is 0.479. The van der Waals surface area contributed by atoms with Crippen LogP contribution in [0.3, 0.4) is 0 Å². The summed E-state index contributed by atoms with van der Waals surface area (Å²) in [6, 6.07) is 0. The zero-order chi connectivity index (χ0) is 4.99. The molecule has 0 radical (unpaired) electrons. The topological polar surface area (TPSA) is 24.4 Å². The van der Waals surface area contributed by atoms with Crippen LogP contribution in [-0.2, 0) is 0 Å². The summed E-state index contributed by atoms with van der Waals surface area (Å²) < 4.78 is 0. The summed E-state index contributed by atoms with van der Waals surface area (Å²) >= 11 is 0. The predicted octanol–water partition coefficient (Wildman–Crippen LogP) is 0.252. The molecule has 0 aliphatic heterocycles. The summed E-state index contributed by atoms with van der Waals surface area (Å²) in [6.07, 6.45) is 0.199.